The SMILES string of the molecule is COc1ccc(NC(=O)CN(Cc2cccnc2)S(C)(=O)=O)cc1OC. The molecule has 0 aliphatic carbocycles. The number of hydrogen-bond donors (Lipinski definition) is 1. The summed E-state index contributed by atoms with van der Waals surface area (Å²) in [4.78, 5) is 16.3. The lowest BCUT2D eigenvalue weighted by molar-refractivity contribution is -0.116. The third-order valence-corrected chi connectivity index (χ3v) is 4.73. The molecule has 2 aromatic rings. The van der Waals surface area contributed by atoms with E-state index in [1.165, 1.54) is 14.2 Å². The first-order chi connectivity index (χ1) is 12.3. The molecule has 1 amide bonds. The number of benzene rings is 1. The van der Waals surface area contributed by atoms with Crippen molar-refractivity contribution in [2.45, 2.75) is 6.54 Å². The van der Waals surface area contributed by atoms with Gasteiger partial charge in [0.15, 0.2) is 11.5 Å². The molecule has 9 heteroatoms. The summed E-state index contributed by atoms with van der Waals surface area (Å²) in [7, 11) is -0.573. The van der Waals surface area contributed by atoms with Gasteiger partial charge in [0.1, 0.15) is 0 Å². The molecule has 0 atom stereocenters. The van der Waals surface area contributed by atoms with Crippen molar-refractivity contribution >= 4 is 21.6 Å². The minimum Gasteiger partial charge on any atom is -0.493 e. The summed E-state index contributed by atoms with van der Waals surface area (Å²) in [6, 6.07) is 8.35. The Hall–Kier alpha value is -2.65. The quantitative estimate of drug-likeness (QED) is 0.746. The van der Waals surface area contributed by atoms with Crippen LogP contribution in [0.3, 0.4) is 0 Å². The van der Waals surface area contributed by atoms with Gasteiger partial charge in [-0.05, 0) is 23.8 Å². The molecule has 8 nitrogen and oxygen atoms in total. The highest BCUT2D eigenvalue weighted by Gasteiger charge is 2.21. The van der Waals surface area contributed by atoms with Crippen LogP contribution in [0.1, 0.15) is 5.56 Å². The number of nitrogens with zero attached hydrogens (tertiary/aromatic N) is 2. The Morgan fingerprint density at radius 3 is 2.50 bits per heavy atom. The van der Waals surface area contributed by atoms with Gasteiger partial charge in [0.2, 0.25) is 15.9 Å². The summed E-state index contributed by atoms with van der Waals surface area (Å²) >= 11 is 0. The number of amides is 1. The van der Waals surface area contributed by atoms with Gasteiger partial charge in [-0.3, -0.25) is 9.78 Å². The van der Waals surface area contributed by atoms with Gasteiger partial charge in [-0.2, -0.15) is 4.31 Å². The third-order valence-electron chi connectivity index (χ3n) is 3.54. The zero-order valence-electron chi connectivity index (χ0n) is 14.8. The van der Waals surface area contributed by atoms with Crippen LogP contribution in [0.4, 0.5) is 5.69 Å². The number of pyridine rings is 1. The van der Waals surface area contributed by atoms with Gasteiger partial charge >= 0.3 is 0 Å². The molecule has 1 aromatic heterocycles. The van der Waals surface area contributed by atoms with Crippen molar-refractivity contribution in [3.63, 3.8) is 0 Å². The van der Waals surface area contributed by atoms with Crippen molar-refractivity contribution < 1.29 is 22.7 Å². The first-order valence-corrected chi connectivity index (χ1v) is 9.54. The standard InChI is InChI=1S/C17H21N3O5S/c1-24-15-7-6-14(9-16(15)25-2)19-17(21)12-20(26(3,22)23)11-13-5-4-8-18-10-13/h4-10H,11-12H2,1-3H3,(H,19,21). The second-order valence-corrected chi connectivity index (χ2v) is 7.49. The van der Waals surface area contributed by atoms with E-state index in [0.717, 1.165) is 10.6 Å². The van der Waals surface area contributed by atoms with E-state index in [4.69, 9.17) is 9.47 Å². The average Bonchev–Trinajstić information content (AvgIpc) is 2.61. The van der Waals surface area contributed by atoms with Crippen LogP contribution in [0.5, 0.6) is 11.5 Å². The summed E-state index contributed by atoms with van der Waals surface area (Å²) in [5.41, 5.74) is 1.17. The first kappa shape index (κ1) is 19.7. The Labute approximate surface area is 152 Å². The van der Waals surface area contributed by atoms with Crippen LogP contribution in [-0.4, -0.2) is 50.6 Å². The molecule has 0 bridgehead atoms. The lowest BCUT2D eigenvalue weighted by Gasteiger charge is -2.19. The molecule has 0 aliphatic rings. The van der Waals surface area contributed by atoms with Gasteiger partial charge < -0.3 is 14.8 Å². The number of carbonyl (C=O) groups excluding carboxylic acids is 1. The highest BCUT2D eigenvalue weighted by Crippen LogP contribution is 2.29. The van der Waals surface area contributed by atoms with E-state index in [2.05, 4.69) is 10.3 Å². The van der Waals surface area contributed by atoms with Crippen molar-refractivity contribution in [1.29, 1.82) is 0 Å². The van der Waals surface area contributed by atoms with E-state index in [9.17, 15) is 13.2 Å². The van der Waals surface area contributed by atoms with Gasteiger partial charge in [0.25, 0.3) is 0 Å². The predicted octanol–water partition coefficient (Wildman–Crippen LogP) is 1.50. The van der Waals surface area contributed by atoms with Crippen LogP contribution in [0.25, 0.3) is 0 Å². The number of sulfonamides is 1. The molecule has 1 N–H and O–H groups in total. The number of hydrogen-bond acceptors (Lipinski definition) is 6. The molecule has 0 fully saturated rings. The number of anilines is 1. The molecule has 1 aromatic carbocycles. The van der Waals surface area contributed by atoms with E-state index < -0.39 is 15.9 Å². The molecule has 140 valence electrons. The van der Waals surface area contributed by atoms with E-state index >= 15 is 0 Å². The van der Waals surface area contributed by atoms with E-state index in [1.54, 1.807) is 42.7 Å². The minimum absolute atomic E-state index is 0.0615. The second kappa shape index (κ2) is 8.63. The van der Waals surface area contributed by atoms with Crippen LogP contribution in [0.15, 0.2) is 42.7 Å². The Kier molecular flexibility index (Phi) is 6.53. The average molecular weight is 379 g/mol. The van der Waals surface area contributed by atoms with Crippen LogP contribution >= 0.6 is 0 Å². The van der Waals surface area contributed by atoms with Gasteiger partial charge in [0, 0.05) is 30.7 Å². The van der Waals surface area contributed by atoms with Crippen molar-refractivity contribution in [1.82, 2.24) is 9.29 Å². The summed E-state index contributed by atoms with van der Waals surface area (Å²) in [6.45, 7) is -0.256. The third kappa shape index (κ3) is 5.43. The molecule has 2 rings (SSSR count). The number of aromatic nitrogens is 1. The Morgan fingerprint density at radius 1 is 1.19 bits per heavy atom. The fraction of sp³-hybridized carbons (Fsp3) is 0.294. The number of carbonyl (C=O) groups is 1. The molecule has 1 heterocycles. The molecule has 0 saturated carbocycles. The molecule has 0 radical (unpaired) electrons. The zero-order valence-corrected chi connectivity index (χ0v) is 15.6. The van der Waals surface area contributed by atoms with Gasteiger partial charge in [-0.1, -0.05) is 6.07 Å². The van der Waals surface area contributed by atoms with Crippen LogP contribution in [0.2, 0.25) is 0 Å². The van der Waals surface area contributed by atoms with Crippen LogP contribution in [0, 0.1) is 0 Å². The van der Waals surface area contributed by atoms with E-state index in [-0.39, 0.29) is 13.1 Å². The number of methoxy groups -OCH3 is 2. The molecule has 0 aliphatic heterocycles. The maximum Gasteiger partial charge on any atom is 0.239 e. The lowest BCUT2D eigenvalue weighted by Crippen LogP contribution is -2.36. The first-order valence-electron chi connectivity index (χ1n) is 7.69. The second-order valence-electron chi connectivity index (χ2n) is 5.51. The summed E-state index contributed by atoms with van der Waals surface area (Å²) in [5, 5.41) is 2.66. The Balaban J connectivity index is 2.10. The summed E-state index contributed by atoms with van der Waals surface area (Å²) in [6.07, 6.45) is 4.22. The fourth-order valence-electron chi connectivity index (χ4n) is 2.26. The lowest BCUT2D eigenvalue weighted by atomic mass is 10.2. The van der Waals surface area contributed by atoms with Crippen LogP contribution < -0.4 is 14.8 Å². The van der Waals surface area contributed by atoms with E-state index in [1.807, 2.05) is 0 Å². The molecule has 0 saturated heterocycles. The largest absolute Gasteiger partial charge is 0.493 e. The van der Waals surface area contributed by atoms with Gasteiger partial charge in [-0.15, -0.1) is 0 Å². The maximum absolute atomic E-state index is 12.3. The number of rotatable bonds is 8. The molecular weight excluding hydrogens is 358 g/mol. The Morgan fingerprint density at radius 2 is 1.92 bits per heavy atom. The highest BCUT2D eigenvalue weighted by molar-refractivity contribution is 7.88. The molecule has 0 spiro atoms. The monoisotopic (exact) mass is 379 g/mol. The van der Waals surface area contributed by atoms with Gasteiger partial charge in [-0.25, -0.2) is 8.42 Å². The van der Waals surface area contributed by atoms with E-state index in [0.29, 0.717) is 22.7 Å². The van der Waals surface area contributed by atoms with Crippen molar-refractivity contribution in [3.05, 3.63) is 48.3 Å². The van der Waals surface area contributed by atoms with Crippen molar-refractivity contribution in [3.8, 4) is 11.5 Å². The number of ether oxygens (including phenoxy) is 2. The molecular formula is C17H21N3O5S. The normalized spacial score (nSPS) is 11.2. The fourth-order valence-corrected chi connectivity index (χ4v) is 3.00. The summed E-state index contributed by atoms with van der Waals surface area (Å²) < 4.78 is 35.4. The molecule has 0 unspecified atom stereocenters. The van der Waals surface area contributed by atoms with Gasteiger partial charge in [0.05, 0.1) is 27.0 Å². The predicted molar refractivity (Wildman–Crippen MR) is 97.7 cm³/mol. The summed E-state index contributed by atoms with van der Waals surface area (Å²) in [5.74, 6) is 0.520. The molecule has 26 heavy (non-hydrogen) atoms. The van der Waals surface area contributed by atoms with Crippen molar-refractivity contribution in [2.24, 2.45) is 0 Å². The topological polar surface area (TPSA) is 97.8 Å². The highest BCUT2D eigenvalue weighted by atomic mass is 32.2. The van der Waals surface area contributed by atoms with Crippen LogP contribution in [-0.2, 0) is 21.4 Å². The zero-order chi connectivity index (χ0) is 19.2. The minimum atomic E-state index is -3.57. The maximum atomic E-state index is 12.3. The van der Waals surface area contributed by atoms with Crippen molar-refractivity contribution in [2.75, 3.05) is 32.3 Å². The number of nitrogens with one attached hydrogen (secondary N) is 1. The Bertz CT molecular complexity index is 856. The smallest absolute Gasteiger partial charge is 0.239 e.